The van der Waals surface area contributed by atoms with Crippen molar-refractivity contribution in [3.8, 4) is 0 Å². The van der Waals surface area contributed by atoms with Crippen molar-refractivity contribution in [3.05, 3.63) is 81.9 Å². The Labute approximate surface area is 159 Å². The Hall–Kier alpha value is -3.19. The first kappa shape index (κ1) is 18.6. The Morgan fingerprint density at radius 1 is 1.22 bits per heavy atom. The predicted octanol–water partition coefficient (Wildman–Crippen LogP) is 3.38. The van der Waals surface area contributed by atoms with Crippen molar-refractivity contribution in [3.63, 3.8) is 0 Å². The topological polar surface area (TPSA) is 90.0 Å². The van der Waals surface area contributed by atoms with E-state index in [-0.39, 0.29) is 22.1 Å². The molecule has 0 fully saturated rings. The van der Waals surface area contributed by atoms with E-state index >= 15 is 0 Å². The maximum atomic E-state index is 13.0. The highest BCUT2D eigenvalue weighted by Gasteiger charge is 2.21. The fourth-order valence-electron chi connectivity index (χ4n) is 2.62. The Bertz CT molecular complexity index is 1020. The van der Waals surface area contributed by atoms with E-state index in [1.54, 1.807) is 37.3 Å². The first-order valence-corrected chi connectivity index (χ1v) is 8.41. The molecule has 2 amide bonds. The molecule has 0 bridgehead atoms. The summed E-state index contributed by atoms with van der Waals surface area (Å²) in [4.78, 5) is 23.9. The molecule has 3 rings (SSSR count). The van der Waals surface area contributed by atoms with Crippen LogP contribution in [0.4, 0.5) is 10.1 Å². The zero-order valence-electron chi connectivity index (χ0n) is 14.4. The van der Waals surface area contributed by atoms with Crippen molar-refractivity contribution >= 4 is 29.1 Å². The van der Waals surface area contributed by atoms with Gasteiger partial charge in [-0.05, 0) is 42.8 Å². The highest BCUT2D eigenvalue weighted by atomic mass is 35.5. The number of anilines is 1. The second kappa shape index (κ2) is 7.59. The normalized spacial score (nSPS) is 10.6. The van der Waals surface area contributed by atoms with E-state index in [0.717, 1.165) is 5.56 Å². The fraction of sp³-hybridized carbons (Fsp3) is 0.105. The van der Waals surface area contributed by atoms with Gasteiger partial charge in [-0.1, -0.05) is 29.8 Å². The molecular formula is C19H16ClFN4O2. The predicted molar refractivity (Wildman–Crippen MR) is 100 cm³/mol. The number of hydrogen-bond donors (Lipinski definition) is 2. The van der Waals surface area contributed by atoms with E-state index in [1.165, 1.54) is 22.9 Å². The molecular weight excluding hydrogens is 371 g/mol. The molecule has 0 atom stereocenters. The molecule has 0 aliphatic carbocycles. The molecule has 0 spiro atoms. The molecule has 8 heteroatoms. The minimum Gasteiger partial charge on any atom is -0.366 e. The van der Waals surface area contributed by atoms with Crippen LogP contribution in [0.1, 0.15) is 32.0 Å². The second-order valence-electron chi connectivity index (χ2n) is 5.93. The number of aryl methyl sites for hydroxylation is 1. The molecule has 0 saturated carbocycles. The van der Waals surface area contributed by atoms with Crippen LogP contribution in [0.3, 0.4) is 0 Å². The Morgan fingerprint density at radius 2 is 1.93 bits per heavy atom. The van der Waals surface area contributed by atoms with Crippen molar-refractivity contribution in [2.75, 3.05) is 5.32 Å². The van der Waals surface area contributed by atoms with Gasteiger partial charge in [0.15, 0.2) is 0 Å². The summed E-state index contributed by atoms with van der Waals surface area (Å²) in [5.74, 6) is -1.38. The molecule has 0 aliphatic heterocycles. The van der Waals surface area contributed by atoms with Gasteiger partial charge in [-0.2, -0.15) is 5.10 Å². The van der Waals surface area contributed by atoms with Crippen LogP contribution in [0.25, 0.3) is 0 Å². The maximum Gasteiger partial charge on any atom is 0.260 e. The van der Waals surface area contributed by atoms with Crippen molar-refractivity contribution in [1.29, 1.82) is 0 Å². The zero-order valence-corrected chi connectivity index (χ0v) is 15.1. The third kappa shape index (κ3) is 4.15. The maximum absolute atomic E-state index is 13.0. The lowest BCUT2D eigenvalue weighted by Gasteiger charge is -2.07. The molecule has 1 heterocycles. The van der Waals surface area contributed by atoms with Gasteiger partial charge in [-0.25, -0.2) is 9.07 Å². The van der Waals surface area contributed by atoms with Gasteiger partial charge in [-0.15, -0.1) is 0 Å². The van der Waals surface area contributed by atoms with Crippen LogP contribution in [-0.2, 0) is 6.54 Å². The number of aromatic nitrogens is 2. The monoisotopic (exact) mass is 386 g/mol. The van der Waals surface area contributed by atoms with Crippen LogP contribution in [-0.4, -0.2) is 21.6 Å². The Balaban J connectivity index is 1.83. The standard InChI is InChI=1S/C19H16ClFN4O2/c1-11-16(19(27)23-15-4-2-3-13(9-15)18(22)26)17(20)25(24-11)10-12-5-7-14(21)8-6-12/h2-9H,10H2,1H3,(H2,22,26)(H,23,27). The average Bonchev–Trinajstić information content (AvgIpc) is 2.90. The molecule has 3 N–H and O–H groups in total. The van der Waals surface area contributed by atoms with Crippen molar-refractivity contribution in [1.82, 2.24) is 9.78 Å². The number of primary amides is 1. The van der Waals surface area contributed by atoms with E-state index < -0.39 is 11.8 Å². The minimum absolute atomic E-state index is 0.167. The van der Waals surface area contributed by atoms with Gasteiger partial charge in [0.1, 0.15) is 11.0 Å². The molecule has 138 valence electrons. The molecule has 6 nitrogen and oxygen atoms in total. The minimum atomic E-state index is -0.590. The number of halogens is 2. The Kier molecular flexibility index (Phi) is 5.23. The summed E-state index contributed by atoms with van der Waals surface area (Å²) in [6.45, 7) is 1.96. The first-order valence-electron chi connectivity index (χ1n) is 8.03. The Morgan fingerprint density at radius 3 is 2.59 bits per heavy atom. The molecule has 0 radical (unpaired) electrons. The summed E-state index contributed by atoms with van der Waals surface area (Å²) in [6.07, 6.45) is 0. The van der Waals surface area contributed by atoms with Gasteiger partial charge in [0.2, 0.25) is 5.91 Å². The number of nitrogens with one attached hydrogen (secondary N) is 1. The van der Waals surface area contributed by atoms with Crippen molar-refractivity contribution in [2.45, 2.75) is 13.5 Å². The van der Waals surface area contributed by atoms with Crippen LogP contribution in [0.2, 0.25) is 5.15 Å². The van der Waals surface area contributed by atoms with Gasteiger partial charge in [0.05, 0.1) is 17.8 Å². The summed E-state index contributed by atoms with van der Waals surface area (Å²) < 4.78 is 14.5. The van der Waals surface area contributed by atoms with Gasteiger partial charge >= 0.3 is 0 Å². The molecule has 3 aromatic rings. The summed E-state index contributed by atoms with van der Waals surface area (Å²) in [6, 6.07) is 12.2. The smallest absolute Gasteiger partial charge is 0.260 e. The van der Waals surface area contributed by atoms with Crippen molar-refractivity contribution < 1.29 is 14.0 Å². The third-order valence-corrected chi connectivity index (χ3v) is 4.33. The lowest BCUT2D eigenvalue weighted by atomic mass is 10.2. The number of hydrogen-bond acceptors (Lipinski definition) is 3. The number of nitrogens with two attached hydrogens (primary N) is 1. The van der Waals surface area contributed by atoms with Crippen LogP contribution in [0.5, 0.6) is 0 Å². The molecule has 0 aliphatic rings. The SMILES string of the molecule is Cc1nn(Cc2ccc(F)cc2)c(Cl)c1C(=O)Nc1cccc(C(N)=O)c1. The van der Waals surface area contributed by atoms with Crippen molar-refractivity contribution in [2.24, 2.45) is 5.73 Å². The fourth-order valence-corrected chi connectivity index (χ4v) is 2.94. The molecule has 1 aromatic heterocycles. The molecule has 0 unspecified atom stereocenters. The molecule has 0 saturated heterocycles. The van der Waals surface area contributed by atoms with Gasteiger partial charge in [0, 0.05) is 11.3 Å². The van der Waals surface area contributed by atoms with Crippen LogP contribution < -0.4 is 11.1 Å². The van der Waals surface area contributed by atoms with Gasteiger partial charge < -0.3 is 11.1 Å². The lowest BCUT2D eigenvalue weighted by Crippen LogP contribution is -2.15. The quantitative estimate of drug-likeness (QED) is 0.704. The summed E-state index contributed by atoms with van der Waals surface area (Å²) in [5.41, 5.74) is 7.41. The van der Waals surface area contributed by atoms with E-state index in [2.05, 4.69) is 10.4 Å². The van der Waals surface area contributed by atoms with E-state index in [9.17, 15) is 14.0 Å². The van der Waals surface area contributed by atoms with Crippen LogP contribution in [0.15, 0.2) is 48.5 Å². The molecule has 2 aromatic carbocycles. The lowest BCUT2D eigenvalue weighted by molar-refractivity contribution is 0.0996. The largest absolute Gasteiger partial charge is 0.366 e. The number of nitrogens with zero attached hydrogens (tertiary/aromatic N) is 2. The highest BCUT2D eigenvalue weighted by Crippen LogP contribution is 2.23. The average molecular weight is 387 g/mol. The summed E-state index contributed by atoms with van der Waals surface area (Å²) in [5, 5.41) is 7.15. The number of rotatable bonds is 5. The number of benzene rings is 2. The molecule has 27 heavy (non-hydrogen) atoms. The van der Waals surface area contributed by atoms with Gasteiger partial charge in [0.25, 0.3) is 5.91 Å². The summed E-state index contributed by atoms with van der Waals surface area (Å²) >= 11 is 6.35. The summed E-state index contributed by atoms with van der Waals surface area (Å²) in [7, 11) is 0. The number of amides is 2. The van der Waals surface area contributed by atoms with Gasteiger partial charge in [-0.3, -0.25) is 9.59 Å². The number of carbonyl (C=O) groups excluding carboxylic acids is 2. The highest BCUT2D eigenvalue weighted by molar-refractivity contribution is 6.33. The third-order valence-electron chi connectivity index (χ3n) is 3.94. The number of carbonyl (C=O) groups is 2. The van der Waals surface area contributed by atoms with E-state index in [1.807, 2.05) is 0 Å². The van der Waals surface area contributed by atoms with Crippen LogP contribution >= 0.6 is 11.6 Å². The zero-order chi connectivity index (χ0) is 19.6. The second-order valence-corrected chi connectivity index (χ2v) is 6.29. The van der Waals surface area contributed by atoms with E-state index in [4.69, 9.17) is 17.3 Å². The van der Waals surface area contributed by atoms with Crippen LogP contribution in [0, 0.1) is 12.7 Å². The van der Waals surface area contributed by atoms with E-state index in [0.29, 0.717) is 17.9 Å². The first-order chi connectivity index (χ1) is 12.8.